The van der Waals surface area contributed by atoms with E-state index in [0.29, 0.717) is 48.5 Å². The van der Waals surface area contributed by atoms with E-state index >= 15 is 0 Å². The Morgan fingerprint density at radius 1 is 0.755 bits per heavy atom. The molecule has 3 saturated heterocycles. The highest BCUT2D eigenvalue weighted by atomic mass is 19.1. The Hall–Kier alpha value is -4.22. The van der Waals surface area contributed by atoms with Crippen LogP contribution in [0.2, 0.25) is 0 Å². The van der Waals surface area contributed by atoms with Crippen molar-refractivity contribution < 1.29 is 32.7 Å². The fourth-order valence-electron chi connectivity index (χ4n) is 7.78. The molecule has 0 saturated carbocycles. The van der Waals surface area contributed by atoms with Crippen molar-refractivity contribution in [2.45, 2.75) is 62.1 Å². The Kier molecular flexibility index (Phi) is 10.4. The number of nitrogens with one attached hydrogen (secondary N) is 1. The first-order valence-corrected chi connectivity index (χ1v) is 17.1. The van der Waals surface area contributed by atoms with E-state index in [-0.39, 0.29) is 25.3 Å². The first-order valence-electron chi connectivity index (χ1n) is 17.1. The van der Waals surface area contributed by atoms with Crippen molar-refractivity contribution in [3.63, 3.8) is 0 Å². The van der Waals surface area contributed by atoms with Crippen molar-refractivity contribution in [3.8, 4) is 0 Å². The molecular formula is C38H43F3N4O4. The van der Waals surface area contributed by atoms with E-state index in [4.69, 9.17) is 0 Å². The second-order valence-corrected chi connectivity index (χ2v) is 13.7. The minimum Gasteiger partial charge on any atom is -0.391 e. The maximum Gasteiger partial charge on any atom is 0.246 e. The number of carbonyl (C=O) groups excluding carboxylic acids is 3. The molecule has 0 bridgehead atoms. The molecular weight excluding hydrogens is 633 g/mol. The number of carbonyl (C=O) groups is 3. The number of hydrogen-bond donors (Lipinski definition) is 2. The molecule has 49 heavy (non-hydrogen) atoms. The molecule has 3 aromatic carbocycles. The summed E-state index contributed by atoms with van der Waals surface area (Å²) in [6, 6.07) is 15.1. The summed E-state index contributed by atoms with van der Waals surface area (Å²) >= 11 is 0. The van der Waals surface area contributed by atoms with Crippen molar-refractivity contribution in [3.05, 3.63) is 107 Å². The van der Waals surface area contributed by atoms with Crippen LogP contribution in [-0.4, -0.2) is 95.5 Å². The number of halogens is 3. The van der Waals surface area contributed by atoms with Gasteiger partial charge in [0.15, 0.2) is 0 Å². The lowest BCUT2D eigenvalue weighted by Crippen LogP contribution is -2.54. The zero-order chi connectivity index (χ0) is 34.7. The molecule has 0 spiro atoms. The SMILES string of the molecule is CN1CCC(CNC(=O)C2CCCN2C(=O)[C@H]2C[C@H](O)CN2C(=O)CC(c2ccc(F)cc2)(c2ccc(F)cc2)c2ccc(F)cc2)CC1. The zero-order valence-corrected chi connectivity index (χ0v) is 27.7. The number of piperidine rings is 1. The highest BCUT2D eigenvalue weighted by Gasteiger charge is 2.47. The Morgan fingerprint density at radius 2 is 1.27 bits per heavy atom. The second-order valence-electron chi connectivity index (χ2n) is 13.7. The predicted molar refractivity (Wildman–Crippen MR) is 178 cm³/mol. The molecule has 3 aliphatic rings. The normalized spacial score (nSPS) is 22.0. The molecule has 8 nitrogen and oxygen atoms in total. The van der Waals surface area contributed by atoms with Gasteiger partial charge in [-0.25, -0.2) is 13.2 Å². The van der Waals surface area contributed by atoms with Gasteiger partial charge in [0.05, 0.1) is 11.5 Å². The van der Waals surface area contributed by atoms with Crippen molar-refractivity contribution >= 4 is 17.7 Å². The van der Waals surface area contributed by atoms with Gasteiger partial charge in [0.1, 0.15) is 29.5 Å². The first kappa shape index (κ1) is 34.6. The molecule has 3 aliphatic heterocycles. The predicted octanol–water partition coefficient (Wildman–Crippen LogP) is 4.24. The monoisotopic (exact) mass is 676 g/mol. The van der Waals surface area contributed by atoms with Gasteiger partial charge in [-0.3, -0.25) is 14.4 Å². The van der Waals surface area contributed by atoms with E-state index in [1.807, 2.05) is 0 Å². The summed E-state index contributed by atoms with van der Waals surface area (Å²) in [5, 5.41) is 13.9. The van der Waals surface area contributed by atoms with Gasteiger partial charge in [-0.2, -0.15) is 0 Å². The Bertz CT molecular complexity index is 1520. The molecule has 6 rings (SSSR count). The highest BCUT2D eigenvalue weighted by Crippen LogP contribution is 2.43. The van der Waals surface area contributed by atoms with Crippen LogP contribution in [0, 0.1) is 23.4 Å². The van der Waals surface area contributed by atoms with Gasteiger partial charge < -0.3 is 25.1 Å². The van der Waals surface area contributed by atoms with Crippen LogP contribution in [0.15, 0.2) is 72.8 Å². The molecule has 0 radical (unpaired) electrons. The molecule has 2 N–H and O–H groups in total. The number of rotatable bonds is 9. The van der Waals surface area contributed by atoms with Crippen LogP contribution in [0.25, 0.3) is 0 Å². The molecule has 3 aromatic rings. The van der Waals surface area contributed by atoms with Crippen molar-refractivity contribution in [1.29, 1.82) is 0 Å². The smallest absolute Gasteiger partial charge is 0.246 e. The summed E-state index contributed by atoms with van der Waals surface area (Å²) in [6.45, 7) is 2.78. The molecule has 3 fully saturated rings. The molecule has 3 atom stereocenters. The third-order valence-corrected chi connectivity index (χ3v) is 10.6. The van der Waals surface area contributed by atoms with Crippen LogP contribution in [0.3, 0.4) is 0 Å². The van der Waals surface area contributed by atoms with Gasteiger partial charge in [-0.05, 0) is 105 Å². The minimum atomic E-state index is -1.34. The van der Waals surface area contributed by atoms with E-state index in [9.17, 15) is 32.7 Å². The van der Waals surface area contributed by atoms with Gasteiger partial charge >= 0.3 is 0 Å². The summed E-state index contributed by atoms with van der Waals surface area (Å²) in [4.78, 5) is 47.2. The van der Waals surface area contributed by atoms with Crippen molar-refractivity contribution in [2.24, 2.45) is 5.92 Å². The largest absolute Gasteiger partial charge is 0.391 e. The summed E-state index contributed by atoms with van der Waals surface area (Å²) in [6.07, 6.45) is 1.91. The molecule has 3 heterocycles. The number of β-amino-alcohol motifs (C(OH)–C–C–N with tert-alkyl or cyclic N) is 1. The fourth-order valence-corrected chi connectivity index (χ4v) is 7.78. The average molecular weight is 677 g/mol. The standard InChI is InChI=1S/C38H43F3N4O4/c1-43-19-16-25(17-20-43)23-42-36(48)33-3-2-18-44(33)37(49)34-21-32(46)24-45(34)35(47)22-38(26-4-10-29(39)11-5-26,27-6-12-30(40)13-7-27)28-8-14-31(41)15-9-28/h4-15,25,32-34,46H,2-3,16-24H2,1H3,(H,42,48)/t32-,33?,34+/m0/s1. The Morgan fingerprint density at radius 3 is 1.78 bits per heavy atom. The summed E-state index contributed by atoms with van der Waals surface area (Å²) < 4.78 is 42.6. The third-order valence-electron chi connectivity index (χ3n) is 10.6. The number of benzene rings is 3. The van der Waals surface area contributed by atoms with Crippen LogP contribution < -0.4 is 5.32 Å². The Labute approximate surface area is 284 Å². The molecule has 11 heteroatoms. The van der Waals surface area contributed by atoms with E-state index < -0.39 is 52.9 Å². The number of aliphatic hydroxyl groups is 1. The van der Waals surface area contributed by atoms with Gasteiger partial charge in [0.2, 0.25) is 17.7 Å². The fraction of sp³-hybridized carbons (Fsp3) is 0.447. The van der Waals surface area contributed by atoms with Crippen molar-refractivity contribution in [2.75, 3.05) is 39.8 Å². The Balaban J connectivity index is 1.28. The number of hydrogen-bond acceptors (Lipinski definition) is 5. The average Bonchev–Trinajstić information content (AvgIpc) is 3.75. The minimum absolute atomic E-state index is 0.0155. The van der Waals surface area contributed by atoms with Crippen LogP contribution in [0.4, 0.5) is 13.2 Å². The van der Waals surface area contributed by atoms with Crippen molar-refractivity contribution in [1.82, 2.24) is 20.0 Å². The summed E-state index contributed by atoms with van der Waals surface area (Å²) in [5.41, 5.74) is 0.175. The zero-order valence-electron chi connectivity index (χ0n) is 27.7. The molecule has 260 valence electrons. The van der Waals surface area contributed by atoms with Crippen LogP contribution >= 0.6 is 0 Å². The van der Waals surface area contributed by atoms with Crippen LogP contribution in [0.1, 0.15) is 55.2 Å². The molecule has 0 aromatic heterocycles. The third kappa shape index (κ3) is 7.38. The summed E-state index contributed by atoms with van der Waals surface area (Å²) in [7, 11) is 2.08. The van der Waals surface area contributed by atoms with E-state index in [0.717, 1.165) is 25.9 Å². The summed E-state index contributed by atoms with van der Waals surface area (Å²) in [5.74, 6) is -2.17. The van der Waals surface area contributed by atoms with Gasteiger partial charge in [0, 0.05) is 32.5 Å². The number of amides is 3. The topological polar surface area (TPSA) is 93.2 Å². The van der Waals surface area contributed by atoms with E-state index in [2.05, 4.69) is 17.3 Å². The molecule has 3 amide bonds. The van der Waals surface area contributed by atoms with E-state index in [1.165, 1.54) is 77.7 Å². The quantitative estimate of drug-likeness (QED) is 0.331. The van der Waals surface area contributed by atoms with Gasteiger partial charge in [-0.1, -0.05) is 36.4 Å². The number of aliphatic hydroxyl groups excluding tert-OH is 1. The van der Waals surface area contributed by atoms with Gasteiger partial charge in [-0.15, -0.1) is 0 Å². The van der Waals surface area contributed by atoms with Crippen LogP contribution in [0.5, 0.6) is 0 Å². The lowest BCUT2D eigenvalue weighted by atomic mass is 9.67. The van der Waals surface area contributed by atoms with E-state index in [1.54, 1.807) is 4.90 Å². The number of nitrogens with zero attached hydrogens (tertiary/aromatic N) is 3. The maximum atomic E-state index is 14.5. The second kappa shape index (κ2) is 14.7. The maximum absolute atomic E-state index is 14.5. The van der Waals surface area contributed by atoms with Gasteiger partial charge in [0.25, 0.3) is 0 Å². The highest BCUT2D eigenvalue weighted by molar-refractivity contribution is 5.93. The lowest BCUT2D eigenvalue weighted by molar-refractivity contribution is -0.146. The molecule has 0 aliphatic carbocycles. The lowest BCUT2D eigenvalue weighted by Gasteiger charge is -2.38. The number of likely N-dealkylation sites (tertiary alicyclic amines) is 3. The molecule has 1 unspecified atom stereocenters. The van der Waals surface area contributed by atoms with Crippen LogP contribution in [-0.2, 0) is 19.8 Å². The first-order chi connectivity index (χ1) is 23.5.